The average molecular weight is 256 g/mol. The second-order valence-corrected chi connectivity index (χ2v) is 4.03. The molecule has 1 aliphatic heterocycles. The Morgan fingerprint density at radius 3 is 2.33 bits per heavy atom. The number of amides is 1. The Bertz CT molecular complexity index is 534. The van der Waals surface area contributed by atoms with Crippen molar-refractivity contribution in [2.75, 3.05) is 18.4 Å². The van der Waals surface area contributed by atoms with E-state index in [2.05, 4.69) is 10.6 Å². The smallest absolute Gasteiger partial charge is 0.251 e. The maximum absolute atomic E-state index is 13.3. The van der Waals surface area contributed by atoms with Crippen molar-refractivity contribution in [3.63, 3.8) is 0 Å². The van der Waals surface area contributed by atoms with E-state index < -0.39 is 23.4 Å². The molecule has 6 heteroatoms. The molecule has 3 nitrogen and oxygen atoms in total. The van der Waals surface area contributed by atoms with Crippen LogP contribution in [0.3, 0.4) is 0 Å². The lowest BCUT2D eigenvalue weighted by Crippen LogP contribution is -2.36. The molecule has 2 rings (SSSR count). The fourth-order valence-electron chi connectivity index (χ4n) is 1.51. The van der Waals surface area contributed by atoms with Crippen molar-refractivity contribution in [2.45, 2.75) is 6.92 Å². The molecule has 0 aliphatic carbocycles. The van der Waals surface area contributed by atoms with Crippen LogP contribution in [0.25, 0.3) is 0 Å². The molecule has 1 aliphatic rings. The minimum absolute atomic E-state index is 0.369. The highest BCUT2D eigenvalue weighted by molar-refractivity contribution is 6.04. The zero-order chi connectivity index (χ0) is 13.3. The lowest BCUT2D eigenvalue weighted by Gasteiger charge is -2.21. The summed E-state index contributed by atoms with van der Waals surface area (Å²) in [5, 5.41) is 5.19. The van der Waals surface area contributed by atoms with Crippen molar-refractivity contribution in [1.82, 2.24) is 5.32 Å². The molecule has 0 aromatic heterocycles. The number of rotatable bonds is 2. The number of halogens is 3. The highest BCUT2D eigenvalue weighted by atomic mass is 19.2. The molecule has 1 aromatic carbocycles. The van der Waals surface area contributed by atoms with Crippen LogP contribution in [0, 0.1) is 17.5 Å². The van der Waals surface area contributed by atoms with Crippen LogP contribution < -0.4 is 10.6 Å². The first-order valence-electron chi connectivity index (χ1n) is 5.34. The van der Waals surface area contributed by atoms with Gasteiger partial charge in [0.25, 0.3) is 5.91 Å². The molecular formula is C12H11F3N2O. The molecule has 0 bridgehead atoms. The monoisotopic (exact) mass is 256 g/mol. The summed E-state index contributed by atoms with van der Waals surface area (Å²) in [5.41, 5.74) is 1.000. The maximum atomic E-state index is 13.3. The van der Waals surface area contributed by atoms with Crippen molar-refractivity contribution in [1.29, 1.82) is 0 Å². The summed E-state index contributed by atoms with van der Waals surface area (Å²) in [7, 11) is 0. The van der Waals surface area contributed by atoms with E-state index in [-0.39, 0.29) is 5.69 Å². The molecule has 96 valence electrons. The van der Waals surface area contributed by atoms with E-state index >= 15 is 0 Å². The Kier molecular flexibility index (Phi) is 3.38. The fraction of sp³-hybridized carbons (Fsp3) is 0.250. The van der Waals surface area contributed by atoms with Gasteiger partial charge in [-0.2, -0.15) is 0 Å². The normalized spacial score (nSPS) is 14.1. The fourth-order valence-corrected chi connectivity index (χ4v) is 1.51. The SMILES string of the molecule is CC(C(=O)Nc1cc(F)c(F)cc1F)=C1CNC1. The number of nitrogens with one attached hydrogen (secondary N) is 2. The first kappa shape index (κ1) is 12.6. The Morgan fingerprint density at radius 2 is 1.78 bits per heavy atom. The molecule has 1 saturated heterocycles. The van der Waals surface area contributed by atoms with Gasteiger partial charge < -0.3 is 10.6 Å². The van der Waals surface area contributed by atoms with E-state index in [1.165, 1.54) is 0 Å². The van der Waals surface area contributed by atoms with Gasteiger partial charge >= 0.3 is 0 Å². The number of hydrogen-bond donors (Lipinski definition) is 2. The molecule has 1 aromatic rings. The van der Waals surface area contributed by atoms with Gasteiger partial charge in [0.05, 0.1) is 5.69 Å². The van der Waals surface area contributed by atoms with Gasteiger partial charge in [-0.1, -0.05) is 0 Å². The summed E-state index contributed by atoms with van der Waals surface area (Å²) in [5.74, 6) is -4.02. The third kappa shape index (κ3) is 2.38. The van der Waals surface area contributed by atoms with Gasteiger partial charge in [0.2, 0.25) is 0 Å². The summed E-state index contributed by atoms with van der Waals surface area (Å²) in [6.07, 6.45) is 0. The van der Waals surface area contributed by atoms with Crippen LogP contribution in [-0.4, -0.2) is 19.0 Å². The molecule has 18 heavy (non-hydrogen) atoms. The van der Waals surface area contributed by atoms with Crippen LogP contribution in [0.2, 0.25) is 0 Å². The van der Waals surface area contributed by atoms with Crippen molar-refractivity contribution in [2.24, 2.45) is 0 Å². The van der Waals surface area contributed by atoms with Gasteiger partial charge in [-0.05, 0) is 12.5 Å². The van der Waals surface area contributed by atoms with E-state index in [1.807, 2.05) is 0 Å². The van der Waals surface area contributed by atoms with Gasteiger partial charge in [-0.3, -0.25) is 4.79 Å². The third-order valence-corrected chi connectivity index (χ3v) is 2.81. The minimum Gasteiger partial charge on any atom is -0.320 e. The topological polar surface area (TPSA) is 41.1 Å². The highest BCUT2D eigenvalue weighted by Crippen LogP contribution is 2.19. The van der Waals surface area contributed by atoms with Crippen LogP contribution in [-0.2, 0) is 4.79 Å². The van der Waals surface area contributed by atoms with Gasteiger partial charge in [-0.25, -0.2) is 13.2 Å². The summed E-state index contributed by atoms with van der Waals surface area (Å²) < 4.78 is 38.9. The van der Waals surface area contributed by atoms with E-state index in [0.717, 1.165) is 5.57 Å². The van der Waals surface area contributed by atoms with E-state index in [0.29, 0.717) is 30.8 Å². The zero-order valence-corrected chi connectivity index (χ0v) is 9.61. The quantitative estimate of drug-likeness (QED) is 0.627. The summed E-state index contributed by atoms with van der Waals surface area (Å²) in [6.45, 7) is 2.82. The van der Waals surface area contributed by atoms with Crippen LogP contribution in [0.5, 0.6) is 0 Å². The first-order chi connectivity index (χ1) is 8.49. The third-order valence-electron chi connectivity index (χ3n) is 2.81. The number of hydrogen-bond acceptors (Lipinski definition) is 2. The predicted molar refractivity (Wildman–Crippen MR) is 60.5 cm³/mol. The highest BCUT2D eigenvalue weighted by Gasteiger charge is 2.18. The molecule has 0 saturated carbocycles. The molecule has 1 heterocycles. The van der Waals surface area contributed by atoms with Crippen LogP contribution >= 0.6 is 0 Å². The molecule has 1 amide bonds. The second kappa shape index (κ2) is 4.81. The minimum atomic E-state index is -1.29. The van der Waals surface area contributed by atoms with Crippen molar-refractivity contribution in [3.05, 3.63) is 40.7 Å². The van der Waals surface area contributed by atoms with Crippen molar-refractivity contribution < 1.29 is 18.0 Å². The largest absolute Gasteiger partial charge is 0.320 e. The molecule has 2 N–H and O–H groups in total. The van der Waals surface area contributed by atoms with Gasteiger partial charge in [-0.15, -0.1) is 0 Å². The summed E-state index contributed by atoms with van der Waals surface area (Å²) >= 11 is 0. The number of benzene rings is 1. The van der Waals surface area contributed by atoms with E-state index in [9.17, 15) is 18.0 Å². The van der Waals surface area contributed by atoms with Crippen LogP contribution in [0.1, 0.15) is 6.92 Å². The number of carbonyl (C=O) groups excluding carboxylic acids is 1. The standard InChI is InChI=1S/C12H11F3N2O/c1-6(7-4-16-5-7)12(18)17-11-3-9(14)8(13)2-10(11)15/h2-3,16H,4-5H2,1H3,(H,17,18). The lowest BCUT2D eigenvalue weighted by molar-refractivity contribution is -0.112. The average Bonchev–Trinajstić information content (AvgIpc) is 2.23. The van der Waals surface area contributed by atoms with Crippen molar-refractivity contribution in [3.8, 4) is 0 Å². The summed E-state index contributed by atoms with van der Waals surface area (Å²) in [6, 6.07) is 1.03. The Hall–Kier alpha value is -1.82. The molecule has 0 atom stereocenters. The lowest BCUT2D eigenvalue weighted by atomic mass is 10.0. The molecule has 0 spiro atoms. The van der Waals surface area contributed by atoms with Gasteiger partial charge in [0, 0.05) is 30.8 Å². The van der Waals surface area contributed by atoms with E-state index in [4.69, 9.17) is 0 Å². The first-order valence-corrected chi connectivity index (χ1v) is 5.34. The van der Waals surface area contributed by atoms with E-state index in [1.54, 1.807) is 6.92 Å². The second-order valence-electron chi connectivity index (χ2n) is 4.03. The zero-order valence-electron chi connectivity index (χ0n) is 9.61. The number of anilines is 1. The Morgan fingerprint density at radius 1 is 1.17 bits per heavy atom. The Balaban J connectivity index is 2.19. The molecule has 0 unspecified atom stereocenters. The Labute approximate surface area is 102 Å². The van der Waals surface area contributed by atoms with Crippen molar-refractivity contribution >= 4 is 11.6 Å². The molecule has 1 fully saturated rings. The summed E-state index contributed by atoms with van der Waals surface area (Å²) in [4.78, 5) is 11.7. The molecule has 0 radical (unpaired) electrons. The number of carbonyl (C=O) groups is 1. The van der Waals surface area contributed by atoms with Crippen LogP contribution in [0.15, 0.2) is 23.3 Å². The van der Waals surface area contributed by atoms with Gasteiger partial charge in [0.15, 0.2) is 11.6 Å². The molecular weight excluding hydrogens is 245 g/mol. The maximum Gasteiger partial charge on any atom is 0.251 e. The predicted octanol–water partition coefficient (Wildman–Crippen LogP) is 1.96. The van der Waals surface area contributed by atoms with Gasteiger partial charge in [0.1, 0.15) is 5.82 Å². The van der Waals surface area contributed by atoms with Crippen LogP contribution in [0.4, 0.5) is 18.9 Å².